The molecule has 0 aliphatic rings. The summed E-state index contributed by atoms with van der Waals surface area (Å²) >= 11 is 0. The molecule has 0 saturated carbocycles. The molecule has 390 valence electrons. The Morgan fingerprint density at radius 3 is 0.773 bits per heavy atom. The van der Waals surface area contributed by atoms with Crippen molar-refractivity contribution in [2.24, 2.45) is 0 Å². The smallest absolute Gasteiger partial charge is 0.306 e. The van der Waals surface area contributed by atoms with Crippen LogP contribution in [-0.2, 0) is 28.6 Å². The van der Waals surface area contributed by atoms with Gasteiger partial charge in [0.15, 0.2) is 6.10 Å². The summed E-state index contributed by atoms with van der Waals surface area (Å²) in [6.07, 6.45) is 63.5. The Hall–Kier alpha value is -1.85. The first-order valence-electron chi connectivity index (χ1n) is 29.7. The van der Waals surface area contributed by atoms with E-state index >= 15 is 0 Å². The summed E-state index contributed by atoms with van der Waals surface area (Å²) in [7, 11) is 0. The maximum Gasteiger partial charge on any atom is 0.306 e. The number of rotatable bonds is 55. The van der Waals surface area contributed by atoms with Crippen LogP contribution in [-0.4, -0.2) is 37.2 Å². The fraction of sp³-hybridized carbons (Fsp3) is 0.917. The second-order valence-electron chi connectivity index (χ2n) is 20.3. The van der Waals surface area contributed by atoms with Crippen molar-refractivity contribution in [2.75, 3.05) is 13.2 Å². The molecule has 0 aliphatic carbocycles. The minimum Gasteiger partial charge on any atom is -0.462 e. The second-order valence-corrected chi connectivity index (χ2v) is 20.3. The molecule has 0 heterocycles. The highest BCUT2D eigenvalue weighted by atomic mass is 16.6. The van der Waals surface area contributed by atoms with Crippen LogP contribution in [0, 0.1) is 0 Å². The normalized spacial score (nSPS) is 12.0. The summed E-state index contributed by atoms with van der Waals surface area (Å²) in [5, 5.41) is 0. The van der Waals surface area contributed by atoms with Gasteiger partial charge in [0.05, 0.1) is 0 Å². The summed E-state index contributed by atoms with van der Waals surface area (Å²) in [5.41, 5.74) is 0. The van der Waals surface area contributed by atoms with Crippen molar-refractivity contribution in [1.29, 1.82) is 0 Å². The molecule has 0 fully saturated rings. The molecule has 0 rings (SSSR count). The quantitative estimate of drug-likeness (QED) is 0.0262. The van der Waals surface area contributed by atoms with E-state index in [-0.39, 0.29) is 31.1 Å². The zero-order chi connectivity index (χ0) is 47.9. The van der Waals surface area contributed by atoms with E-state index < -0.39 is 6.10 Å². The lowest BCUT2D eigenvalue weighted by molar-refractivity contribution is -0.167. The van der Waals surface area contributed by atoms with Gasteiger partial charge in [-0.1, -0.05) is 283 Å². The molecular formula is C60H114O6. The van der Waals surface area contributed by atoms with Gasteiger partial charge in [-0.15, -0.1) is 0 Å². The number of carbonyl (C=O) groups excluding carboxylic acids is 3. The molecule has 0 radical (unpaired) electrons. The van der Waals surface area contributed by atoms with Crippen molar-refractivity contribution in [1.82, 2.24) is 0 Å². The molecule has 1 atom stereocenters. The maximum absolute atomic E-state index is 12.9. The SMILES string of the molecule is CCCCCC/C=C/CCCCCCCC(=O)OC[C@H](COC(=O)CCCCCCCCCCCCCCCCCCCCC)OC(=O)CCCCCCCCCCCCCCCCCC. The highest BCUT2D eigenvalue weighted by Gasteiger charge is 2.19. The first-order valence-corrected chi connectivity index (χ1v) is 29.7. The van der Waals surface area contributed by atoms with Crippen LogP contribution in [0.4, 0.5) is 0 Å². The van der Waals surface area contributed by atoms with Crippen molar-refractivity contribution in [3.8, 4) is 0 Å². The van der Waals surface area contributed by atoms with Gasteiger partial charge in [0.25, 0.3) is 0 Å². The van der Waals surface area contributed by atoms with Crippen LogP contribution in [0.5, 0.6) is 0 Å². The number of carbonyl (C=O) groups is 3. The zero-order valence-electron chi connectivity index (χ0n) is 44.7. The summed E-state index contributed by atoms with van der Waals surface area (Å²) in [5.74, 6) is -0.850. The fourth-order valence-electron chi connectivity index (χ4n) is 9.03. The Bertz CT molecular complexity index is 1020. The van der Waals surface area contributed by atoms with Crippen molar-refractivity contribution >= 4 is 17.9 Å². The van der Waals surface area contributed by atoms with Crippen LogP contribution in [0.25, 0.3) is 0 Å². The van der Waals surface area contributed by atoms with Gasteiger partial charge in [0, 0.05) is 19.3 Å². The van der Waals surface area contributed by atoms with E-state index in [1.807, 2.05) is 0 Å². The second kappa shape index (κ2) is 55.7. The Balaban J connectivity index is 4.28. The largest absolute Gasteiger partial charge is 0.462 e. The third-order valence-electron chi connectivity index (χ3n) is 13.5. The van der Waals surface area contributed by atoms with E-state index in [2.05, 4.69) is 32.9 Å². The van der Waals surface area contributed by atoms with Crippen LogP contribution >= 0.6 is 0 Å². The Morgan fingerprint density at radius 1 is 0.288 bits per heavy atom. The zero-order valence-corrected chi connectivity index (χ0v) is 44.7. The minimum atomic E-state index is -0.767. The Kier molecular flexibility index (Phi) is 54.2. The lowest BCUT2D eigenvalue weighted by Gasteiger charge is -2.18. The van der Waals surface area contributed by atoms with Crippen LogP contribution in [0.15, 0.2) is 12.2 Å². The average molecular weight is 932 g/mol. The standard InChI is InChI=1S/C60H114O6/c1-4-7-10-13-16-19-22-25-27-29-30-31-33-35-38-41-44-47-50-53-59(62)65-56-57(55-64-58(61)52-49-46-43-40-37-34-24-21-18-15-12-9-6-3)66-60(63)54-51-48-45-42-39-36-32-28-26-23-20-17-14-11-8-5-2/h21,24,57H,4-20,22-23,25-56H2,1-3H3/b24-21+/t57-/m1/s1. The van der Waals surface area contributed by atoms with E-state index in [4.69, 9.17) is 14.2 Å². The van der Waals surface area contributed by atoms with Crippen molar-refractivity contribution in [2.45, 2.75) is 341 Å². The van der Waals surface area contributed by atoms with Crippen molar-refractivity contribution in [3.63, 3.8) is 0 Å². The topological polar surface area (TPSA) is 78.9 Å². The summed E-state index contributed by atoms with van der Waals surface area (Å²) in [4.78, 5) is 38.1. The van der Waals surface area contributed by atoms with E-state index in [1.165, 1.54) is 231 Å². The molecule has 0 amide bonds. The first kappa shape index (κ1) is 64.2. The number of esters is 3. The molecule has 0 unspecified atom stereocenters. The lowest BCUT2D eigenvalue weighted by Crippen LogP contribution is -2.30. The number of ether oxygens (including phenoxy) is 3. The predicted octanol–water partition coefficient (Wildman–Crippen LogP) is 19.7. The van der Waals surface area contributed by atoms with Crippen LogP contribution < -0.4 is 0 Å². The highest BCUT2D eigenvalue weighted by Crippen LogP contribution is 2.17. The summed E-state index contributed by atoms with van der Waals surface area (Å²) in [6, 6.07) is 0. The van der Waals surface area contributed by atoms with E-state index in [1.54, 1.807) is 0 Å². The Morgan fingerprint density at radius 2 is 0.500 bits per heavy atom. The molecule has 0 spiro atoms. The van der Waals surface area contributed by atoms with E-state index in [0.717, 1.165) is 64.2 Å². The molecule has 6 heteroatoms. The molecule has 6 nitrogen and oxygen atoms in total. The molecule has 66 heavy (non-hydrogen) atoms. The molecule has 0 aromatic rings. The van der Waals surface area contributed by atoms with Gasteiger partial charge >= 0.3 is 17.9 Å². The molecule has 0 aromatic carbocycles. The number of hydrogen-bond acceptors (Lipinski definition) is 6. The molecular weight excluding hydrogens is 817 g/mol. The third-order valence-corrected chi connectivity index (χ3v) is 13.5. The maximum atomic E-state index is 12.9. The molecule has 0 N–H and O–H groups in total. The van der Waals surface area contributed by atoms with E-state index in [9.17, 15) is 14.4 Å². The number of hydrogen-bond donors (Lipinski definition) is 0. The van der Waals surface area contributed by atoms with Crippen molar-refractivity contribution in [3.05, 3.63) is 12.2 Å². The highest BCUT2D eigenvalue weighted by molar-refractivity contribution is 5.71. The van der Waals surface area contributed by atoms with Crippen LogP contribution in [0.1, 0.15) is 335 Å². The lowest BCUT2D eigenvalue weighted by atomic mass is 10.0. The van der Waals surface area contributed by atoms with Gasteiger partial charge in [-0.3, -0.25) is 14.4 Å². The Labute approximate surface area is 411 Å². The summed E-state index contributed by atoms with van der Waals surface area (Å²) < 4.78 is 16.9. The van der Waals surface area contributed by atoms with Gasteiger partial charge in [-0.2, -0.15) is 0 Å². The van der Waals surface area contributed by atoms with Crippen molar-refractivity contribution < 1.29 is 28.6 Å². The first-order chi connectivity index (χ1) is 32.5. The average Bonchev–Trinajstić information content (AvgIpc) is 3.31. The summed E-state index contributed by atoms with van der Waals surface area (Å²) in [6.45, 7) is 6.68. The number of allylic oxidation sites excluding steroid dienone is 2. The van der Waals surface area contributed by atoms with E-state index in [0.29, 0.717) is 19.3 Å². The molecule has 0 bridgehead atoms. The predicted molar refractivity (Wildman–Crippen MR) is 284 cm³/mol. The van der Waals surface area contributed by atoms with Crippen LogP contribution in [0.2, 0.25) is 0 Å². The molecule has 0 aromatic heterocycles. The minimum absolute atomic E-state index is 0.0663. The third kappa shape index (κ3) is 53.1. The van der Waals surface area contributed by atoms with Gasteiger partial charge in [-0.25, -0.2) is 0 Å². The molecule has 0 aliphatic heterocycles. The van der Waals surface area contributed by atoms with Gasteiger partial charge in [0.2, 0.25) is 0 Å². The molecule has 0 saturated heterocycles. The fourth-order valence-corrected chi connectivity index (χ4v) is 9.03. The van der Waals surface area contributed by atoms with Gasteiger partial charge in [0.1, 0.15) is 13.2 Å². The van der Waals surface area contributed by atoms with Gasteiger partial charge < -0.3 is 14.2 Å². The number of unbranched alkanes of at least 4 members (excludes halogenated alkanes) is 42. The monoisotopic (exact) mass is 931 g/mol. The van der Waals surface area contributed by atoms with Crippen LogP contribution in [0.3, 0.4) is 0 Å². The van der Waals surface area contributed by atoms with Gasteiger partial charge in [-0.05, 0) is 44.9 Å².